The largest absolute Gasteiger partial charge is 0.378 e. The van der Waals surface area contributed by atoms with Crippen molar-refractivity contribution < 1.29 is 9.18 Å². The van der Waals surface area contributed by atoms with E-state index in [-0.39, 0.29) is 18.1 Å². The Balaban J connectivity index is 1.96. The molecule has 0 radical (unpaired) electrons. The zero-order valence-corrected chi connectivity index (χ0v) is 13.2. The lowest BCUT2D eigenvalue weighted by Gasteiger charge is -2.18. The van der Waals surface area contributed by atoms with Crippen molar-refractivity contribution in [2.45, 2.75) is 13.0 Å². The van der Waals surface area contributed by atoms with Crippen LogP contribution in [0.3, 0.4) is 0 Å². The van der Waals surface area contributed by atoms with E-state index in [0.717, 1.165) is 11.3 Å². The third kappa shape index (κ3) is 4.32. The summed E-state index contributed by atoms with van der Waals surface area (Å²) in [5, 5.41) is 0. The van der Waals surface area contributed by atoms with Crippen molar-refractivity contribution in [1.82, 2.24) is 4.90 Å². The van der Waals surface area contributed by atoms with Gasteiger partial charge in [0.25, 0.3) is 0 Å². The summed E-state index contributed by atoms with van der Waals surface area (Å²) in [5.41, 5.74) is 2.89. The molecule has 0 saturated heterocycles. The second-order valence-corrected chi connectivity index (χ2v) is 5.62. The van der Waals surface area contributed by atoms with Crippen LogP contribution in [0.1, 0.15) is 11.1 Å². The molecule has 0 aliphatic rings. The molecule has 0 spiro atoms. The average molecular weight is 300 g/mol. The number of nitrogens with zero attached hydrogens (tertiary/aromatic N) is 2. The van der Waals surface area contributed by atoms with Crippen LogP contribution < -0.4 is 4.90 Å². The van der Waals surface area contributed by atoms with Crippen LogP contribution in [0.4, 0.5) is 10.1 Å². The minimum Gasteiger partial charge on any atom is -0.378 e. The molecule has 4 heteroatoms. The van der Waals surface area contributed by atoms with Gasteiger partial charge in [-0.25, -0.2) is 4.39 Å². The molecule has 0 aliphatic heterocycles. The van der Waals surface area contributed by atoms with E-state index in [4.69, 9.17) is 0 Å². The standard InChI is InChI=1S/C18H21FN2O/c1-20(2)17-9-7-14(8-10-17)13-21(3)18(22)12-15-5-4-6-16(19)11-15/h4-11H,12-13H2,1-3H3. The SMILES string of the molecule is CN(Cc1ccc(N(C)C)cc1)C(=O)Cc1cccc(F)c1. The highest BCUT2D eigenvalue weighted by Crippen LogP contribution is 2.14. The van der Waals surface area contributed by atoms with Crippen molar-refractivity contribution in [2.24, 2.45) is 0 Å². The van der Waals surface area contributed by atoms with Crippen molar-refractivity contribution in [3.8, 4) is 0 Å². The van der Waals surface area contributed by atoms with Crippen LogP contribution in [0.5, 0.6) is 0 Å². The third-order valence-corrected chi connectivity index (χ3v) is 3.54. The van der Waals surface area contributed by atoms with E-state index < -0.39 is 0 Å². The van der Waals surface area contributed by atoms with Gasteiger partial charge < -0.3 is 9.80 Å². The molecule has 2 aromatic carbocycles. The molecule has 1 amide bonds. The summed E-state index contributed by atoms with van der Waals surface area (Å²) in [6.07, 6.45) is 0.212. The van der Waals surface area contributed by atoms with Crippen molar-refractivity contribution in [3.63, 3.8) is 0 Å². The first-order valence-electron chi connectivity index (χ1n) is 7.20. The fourth-order valence-corrected chi connectivity index (χ4v) is 2.22. The number of benzene rings is 2. The number of halogens is 1. The van der Waals surface area contributed by atoms with E-state index >= 15 is 0 Å². The zero-order valence-electron chi connectivity index (χ0n) is 13.2. The van der Waals surface area contributed by atoms with Crippen molar-refractivity contribution in [1.29, 1.82) is 0 Å². The topological polar surface area (TPSA) is 23.6 Å². The minimum absolute atomic E-state index is 0.0257. The quantitative estimate of drug-likeness (QED) is 0.847. The molecule has 0 heterocycles. The van der Waals surface area contributed by atoms with E-state index in [2.05, 4.69) is 0 Å². The van der Waals surface area contributed by atoms with Crippen LogP contribution in [0.2, 0.25) is 0 Å². The van der Waals surface area contributed by atoms with Gasteiger partial charge in [0, 0.05) is 33.4 Å². The zero-order chi connectivity index (χ0) is 16.1. The van der Waals surface area contributed by atoms with Gasteiger partial charge in [-0.1, -0.05) is 24.3 Å². The molecule has 0 unspecified atom stereocenters. The Hall–Kier alpha value is -2.36. The summed E-state index contributed by atoms with van der Waals surface area (Å²) < 4.78 is 13.1. The summed E-state index contributed by atoms with van der Waals surface area (Å²) >= 11 is 0. The Labute approximate surface area is 131 Å². The Morgan fingerprint density at radius 3 is 2.27 bits per heavy atom. The summed E-state index contributed by atoms with van der Waals surface area (Å²) in [5.74, 6) is -0.338. The van der Waals surface area contributed by atoms with Crippen molar-refractivity contribution in [2.75, 3.05) is 26.0 Å². The fraction of sp³-hybridized carbons (Fsp3) is 0.278. The van der Waals surface area contributed by atoms with Gasteiger partial charge >= 0.3 is 0 Å². The number of hydrogen-bond acceptors (Lipinski definition) is 2. The Kier molecular flexibility index (Phi) is 5.15. The van der Waals surface area contributed by atoms with E-state index in [1.807, 2.05) is 43.3 Å². The summed E-state index contributed by atoms with van der Waals surface area (Å²) in [6.45, 7) is 0.544. The smallest absolute Gasteiger partial charge is 0.227 e. The first kappa shape index (κ1) is 16.0. The molecule has 2 aromatic rings. The molecule has 3 nitrogen and oxygen atoms in total. The molecular weight excluding hydrogens is 279 g/mol. The second-order valence-electron chi connectivity index (χ2n) is 5.62. The molecule has 0 fully saturated rings. The summed E-state index contributed by atoms with van der Waals surface area (Å²) in [7, 11) is 5.74. The van der Waals surface area contributed by atoms with Crippen LogP contribution >= 0.6 is 0 Å². The fourth-order valence-electron chi connectivity index (χ4n) is 2.22. The molecule has 0 atom stereocenters. The molecule has 0 N–H and O–H groups in total. The first-order valence-corrected chi connectivity index (χ1v) is 7.20. The van der Waals surface area contributed by atoms with Gasteiger partial charge in [-0.05, 0) is 35.4 Å². The maximum absolute atomic E-state index is 13.1. The van der Waals surface area contributed by atoms with E-state index in [9.17, 15) is 9.18 Å². The van der Waals surface area contributed by atoms with Crippen LogP contribution in [0, 0.1) is 5.82 Å². The molecule has 22 heavy (non-hydrogen) atoms. The molecule has 0 aromatic heterocycles. The highest BCUT2D eigenvalue weighted by Gasteiger charge is 2.11. The van der Waals surface area contributed by atoms with Gasteiger partial charge in [-0.15, -0.1) is 0 Å². The van der Waals surface area contributed by atoms with Gasteiger partial charge in [0.05, 0.1) is 6.42 Å². The molecular formula is C18H21FN2O. The normalized spacial score (nSPS) is 10.4. The van der Waals surface area contributed by atoms with Crippen molar-refractivity contribution >= 4 is 11.6 Å². The van der Waals surface area contributed by atoms with Gasteiger partial charge in [-0.2, -0.15) is 0 Å². The maximum Gasteiger partial charge on any atom is 0.227 e. The first-order chi connectivity index (χ1) is 10.5. The van der Waals surface area contributed by atoms with Crippen LogP contribution in [0.15, 0.2) is 48.5 Å². The van der Waals surface area contributed by atoms with E-state index in [1.54, 1.807) is 24.1 Å². The number of likely N-dealkylation sites (N-methyl/N-ethyl adjacent to an activating group) is 1. The van der Waals surface area contributed by atoms with Crippen LogP contribution in [0.25, 0.3) is 0 Å². The van der Waals surface area contributed by atoms with Gasteiger partial charge in [0.1, 0.15) is 5.82 Å². The molecule has 0 aliphatic carbocycles. The lowest BCUT2D eigenvalue weighted by molar-refractivity contribution is -0.129. The van der Waals surface area contributed by atoms with Crippen LogP contribution in [-0.2, 0) is 17.8 Å². The second kappa shape index (κ2) is 7.07. The lowest BCUT2D eigenvalue weighted by atomic mass is 10.1. The predicted molar refractivity (Wildman–Crippen MR) is 87.3 cm³/mol. The average Bonchev–Trinajstić information content (AvgIpc) is 2.47. The maximum atomic E-state index is 13.1. The molecule has 0 saturated carbocycles. The van der Waals surface area contributed by atoms with Crippen molar-refractivity contribution in [3.05, 3.63) is 65.5 Å². The highest BCUT2D eigenvalue weighted by molar-refractivity contribution is 5.78. The Bertz CT molecular complexity index is 638. The number of rotatable bonds is 5. The third-order valence-electron chi connectivity index (χ3n) is 3.54. The Morgan fingerprint density at radius 2 is 1.68 bits per heavy atom. The van der Waals surface area contributed by atoms with E-state index in [1.165, 1.54) is 12.1 Å². The lowest BCUT2D eigenvalue weighted by Crippen LogP contribution is -2.27. The number of amides is 1. The molecule has 116 valence electrons. The number of hydrogen-bond donors (Lipinski definition) is 0. The van der Waals surface area contributed by atoms with Crippen LogP contribution in [-0.4, -0.2) is 32.0 Å². The number of anilines is 1. The molecule has 2 rings (SSSR count). The minimum atomic E-state index is -0.313. The van der Waals surface area contributed by atoms with Gasteiger partial charge in [0.2, 0.25) is 5.91 Å². The summed E-state index contributed by atoms with van der Waals surface area (Å²) in [4.78, 5) is 15.9. The van der Waals surface area contributed by atoms with Gasteiger partial charge in [0.15, 0.2) is 0 Å². The van der Waals surface area contributed by atoms with Gasteiger partial charge in [-0.3, -0.25) is 4.79 Å². The number of carbonyl (C=O) groups is 1. The highest BCUT2D eigenvalue weighted by atomic mass is 19.1. The Morgan fingerprint density at radius 1 is 1.00 bits per heavy atom. The predicted octanol–water partition coefficient (Wildman–Crippen LogP) is 3.09. The number of carbonyl (C=O) groups excluding carboxylic acids is 1. The molecule has 0 bridgehead atoms. The van der Waals surface area contributed by atoms with E-state index in [0.29, 0.717) is 12.1 Å². The monoisotopic (exact) mass is 300 g/mol. The summed E-state index contributed by atoms with van der Waals surface area (Å²) in [6, 6.07) is 14.3.